The minimum Gasteiger partial charge on any atom is -0.490 e. The highest BCUT2D eigenvalue weighted by Crippen LogP contribution is 2.27. The third-order valence-corrected chi connectivity index (χ3v) is 2.66. The Morgan fingerprint density at radius 2 is 1.94 bits per heavy atom. The van der Waals surface area contributed by atoms with Crippen molar-refractivity contribution in [2.45, 2.75) is 0 Å². The lowest BCUT2D eigenvalue weighted by Gasteiger charge is -2.07. The minimum atomic E-state index is -3.43. The SMILES string of the molecule is CS(=O)(=O)OCCOc1ccc(Cl)cc1Cl. The topological polar surface area (TPSA) is 52.6 Å². The van der Waals surface area contributed by atoms with Crippen molar-refractivity contribution in [1.29, 1.82) is 0 Å². The van der Waals surface area contributed by atoms with E-state index in [1.807, 2.05) is 0 Å². The molecule has 0 aromatic heterocycles. The summed E-state index contributed by atoms with van der Waals surface area (Å²) in [5, 5.41) is 0.872. The van der Waals surface area contributed by atoms with Gasteiger partial charge in [0, 0.05) is 5.02 Å². The number of hydrogen-bond donors (Lipinski definition) is 0. The van der Waals surface area contributed by atoms with E-state index in [9.17, 15) is 8.42 Å². The molecule has 0 heterocycles. The van der Waals surface area contributed by atoms with E-state index in [1.165, 1.54) is 6.07 Å². The second-order valence-electron chi connectivity index (χ2n) is 2.95. The molecule has 0 bridgehead atoms. The molecule has 0 amide bonds. The second kappa shape index (κ2) is 5.72. The van der Waals surface area contributed by atoms with Gasteiger partial charge in [0.05, 0.1) is 11.3 Å². The summed E-state index contributed by atoms with van der Waals surface area (Å²) in [6.07, 6.45) is 0.974. The maximum Gasteiger partial charge on any atom is 0.264 e. The van der Waals surface area contributed by atoms with Gasteiger partial charge in [0.15, 0.2) is 0 Å². The fraction of sp³-hybridized carbons (Fsp3) is 0.333. The van der Waals surface area contributed by atoms with Gasteiger partial charge in [0.2, 0.25) is 0 Å². The first kappa shape index (κ1) is 13.6. The lowest BCUT2D eigenvalue weighted by molar-refractivity contribution is 0.222. The van der Waals surface area contributed by atoms with Gasteiger partial charge in [0.1, 0.15) is 19.0 Å². The number of rotatable bonds is 5. The number of hydrogen-bond acceptors (Lipinski definition) is 4. The smallest absolute Gasteiger partial charge is 0.264 e. The maximum absolute atomic E-state index is 10.6. The van der Waals surface area contributed by atoms with Crippen LogP contribution in [0.2, 0.25) is 10.0 Å². The molecule has 0 saturated heterocycles. The van der Waals surface area contributed by atoms with Crippen molar-refractivity contribution in [2.24, 2.45) is 0 Å². The van der Waals surface area contributed by atoms with Crippen molar-refractivity contribution in [3.8, 4) is 5.75 Å². The van der Waals surface area contributed by atoms with Gasteiger partial charge in [-0.2, -0.15) is 8.42 Å². The van der Waals surface area contributed by atoms with Gasteiger partial charge in [-0.1, -0.05) is 23.2 Å². The summed E-state index contributed by atoms with van der Waals surface area (Å²) in [7, 11) is -3.43. The van der Waals surface area contributed by atoms with E-state index in [4.69, 9.17) is 27.9 Å². The Kier molecular flexibility index (Phi) is 4.86. The van der Waals surface area contributed by atoms with Crippen molar-refractivity contribution >= 4 is 33.3 Å². The first-order chi connectivity index (χ1) is 7.38. The summed E-state index contributed by atoms with van der Waals surface area (Å²) in [5.41, 5.74) is 0. The first-order valence-corrected chi connectivity index (χ1v) is 6.88. The van der Waals surface area contributed by atoms with Crippen LogP contribution in [0.4, 0.5) is 0 Å². The van der Waals surface area contributed by atoms with Gasteiger partial charge in [0.25, 0.3) is 10.1 Å². The third kappa shape index (κ3) is 5.03. The van der Waals surface area contributed by atoms with Gasteiger partial charge in [-0.3, -0.25) is 4.18 Å². The third-order valence-electron chi connectivity index (χ3n) is 1.53. The van der Waals surface area contributed by atoms with E-state index in [-0.39, 0.29) is 13.2 Å². The molecule has 7 heteroatoms. The largest absolute Gasteiger partial charge is 0.490 e. The fourth-order valence-corrected chi connectivity index (χ4v) is 1.76. The van der Waals surface area contributed by atoms with E-state index in [2.05, 4.69) is 4.18 Å². The Morgan fingerprint density at radius 1 is 1.25 bits per heavy atom. The zero-order valence-electron chi connectivity index (χ0n) is 8.44. The molecule has 0 saturated carbocycles. The molecular formula is C9H10Cl2O4S. The van der Waals surface area contributed by atoms with Crippen molar-refractivity contribution in [1.82, 2.24) is 0 Å². The normalized spacial score (nSPS) is 11.4. The first-order valence-electron chi connectivity index (χ1n) is 4.31. The summed E-state index contributed by atoms with van der Waals surface area (Å²) in [4.78, 5) is 0. The molecule has 0 atom stereocenters. The fourth-order valence-electron chi connectivity index (χ4n) is 0.929. The quantitative estimate of drug-likeness (QED) is 0.615. The molecule has 0 radical (unpaired) electrons. The summed E-state index contributed by atoms with van der Waals surface area (Å²) in [6.45, 7) is 0.0339. The maximum atomic E-state index is 10.6. The second-order valence-corrected chi connectivity index (χ2v) is 5.44. The molecule has 1 aromatic rings. The number of ether oxygens (including phenoxy) is 1. The van der Waals surface area contributed by atoms with Crippen LogP contribution in [0, 0.1) is 0 Å². The summed E-state index contributed by atoms with van der Waals surface area (Å²) in [5.74, 6) is 0.433. The van der Waals surface area contributed by atoms with Crippen molar-refractivity contribution < 1.29 is 17.3 Å². The Hall–Kier alpha value is -0.490. The molecule has 90 valence electrons. The van der Waals surface area contributed by atoms with E-state index in [0.717, 1.165) is 6.26 Å². The van der Waals surface area contributed by atoms with E-state index >= 15 is 0 Å². The van der Waals surface area contributed by atoms with Crippen LogP contribution in [0.15, 0.2) is 18.2 Å². The monoisotopic (exact) mass is 284 g/mol. The van der Waals surface area contributed by atoms with Gasteiger partial charge in [-0.15, -0.1) is 0 Å². The van der Waals surface area contributed by atoms with Gasteiger partial charge < -0.3 is 4.74 Å². The molecule has 0 unspecified atom stereocenters. The predicted octanol–water partition coefficient (Wildman–Crippen LogP) is 2.35. The van der Waals surface area contributed by atoms with Crippen molar-refractivity contribution in [3.05, 3.63) is 28.2 Å². The number of benzene rings is 1. The van der Waals surface area contributed by atoms with Crippen LogP contribution in [0.25, 0.3) is 0 Å². The molecule has 0 fully saturated rings. The lowest BCUT2D eigenvalue weighted by atomic mass is 10.3. The summed E-state index contributed by atoms with van der Waals surface area (Å²) >= 11 is 11.5. The zero-order valence-corrected chi connectivity index (χ0v) is 10.8. The molecular weight excluding hydrogens is 275 g/mol. The van der Waals surface area contributed by atoms with Crippen LogP contribution in [0.5, 0.6) is 5.75 Å². The molecule has 0 spiro atoms. The number of halogens is 2. The molecule has 0 aliphatic carbocycles. The van der Waals surface area contributed by atoms with Crippen LogP contribution >= 0.6 is 23.2 Å². The van der Waals surface area contributed by atoms with Crippen molar-refractivity contribution in [2.75, 3.05) is 19.5 Å². The summed E-state index contributed by atoms with van der Waals surface area (Å²) in [6, 6.07) is 4.77. The Bertz CT molecular complexity index is 459. The highest BCUT2D eigenvalue weighted by Gasteiger charge is 2.04. The molecule has 1 aromatic carbocycles. The molecule has 1 rings (SSSR count). The molecule has 0 N–H and O–H groups in total. The average Bonchev–Trinajstić information content (AvgIpc) is 2.13. The highest BCUT2D eigenvalue weighted by molar-refractivity contribution is 7.85. The van der Waals surface area contributed by atoms with Crippen LogP contribution in [-0.2, 0) is 14.3 Å². The minimum absolute atomic E-state index is 0.0577. The van der Waals surface area contributed by atoms with Gasteiger partial charge in [-0.05, 0) is 18.2 Å². The average molecular weight is 285 g/mol. The molecule has 0 aliphatic heterocycles. The lowest BCUT2D eigenvalue weighted by Crippen LogP contribution is -2.11. The van der Waals surface area contributed by atoms with Gasteiger partial charge >= 0.3 is 0 Å². The molecule has 4 nitrogen and oxygen atoms in total. The van der Waals surface area contributed by atoms with Crippen molar-refractivity contribution in [3.63, 3.8) is 0 Å². The highest BCUT2D eigenvalue weighted by atomic mass is 35.5. The Balaban J connectivity index is 2.43. The Labute approximate surface area is 104 Å². The molecule has 0 aliphatic rings. The van der Waals surface area contributed by atoms with E-state index in [0.29, 0.717) is 15.8 Å². The van der Waals surface area contributed by atoms with Gasteiger partial charge in [-0.25, -0.2) is 0 Å². The zero-order chi connectivity index (χ0) is 12.2. The molecule has 16 heavy (non-hydrogen) atoms. The van der Waals surface area contributed by atoms with Crippen LogP contribution in [-0.4, -0.2) is 27.9 Å². The van der Waals surface area contributed by atoms with Crippen LogP contribution in [0.3, 0.4) is 0 Å². The predicted molar refractivity (Wildman–Crippen MR) is 62.8 cm³/mol. The summed E-state index contributed by atoms with van der Waals surface area (Å²) < 4.78 is 31.0. The van der Waals surface area contributed by atoms with Crippen LogP contribution in [0.1, 0.15) is 0 Å². The van der Waals surface area contributed by atoms with Crippen LogP contribution < -0.4 is 4.74 Å². The standard InChI is InChI=1S/C9H10Cl2O4S/c1-16(12,13)15-5-4-14-9-3-2-7(10)6-8(9)11/h2-3,6H,4-5H2,1H3. The van der Waals surface area contributed by atoms with E-state index in [1.54, 1.807) is 12.1 Å². The van der Waals surface area contributed by atoms with E-state index < -0.39 is 10.1 Å². The Morgan fingerprint density at radius 3 is 2.50 bits per heavy atom.